The third-order valence-corrected chi connectivity index (χ3v) is 9.43. The molecule has 0 aromatic heterocycles. The molecule has 32 heavy (non-hydrogen) atoms. The Kier molecular flexibility index (Phi) is 6.81. The number of fused-ring (bicyclic) bond motifs is 1. The fourth-order valence-corrected chi connectivity index (χ4v) is 7.23. The minimum Gasteiger partial charge on any atom is -0.339 e. The minimum atomic E-state index is -4.74. The number of rotatable bonds is 3. The molecule has 2 saturated heterocycles. The van der Waals surface area contributed by atoms with E-state index < -0.39 is 31.7 Å². The van der Waals surface area contributed by atoms with E-state index in [1.807, 2.05) is 4.90 Å². The van der Waals surface area contributed by atoms with Crippen molar-refractivity contribution in [2.45, 2.75) is 68.5 Å². The molecule has 0 N–H and O–H groups in total. The molecule has 2 atom stereocenters. The molecule has 1 amide bonds. The molecule has 4 rings (SSSR count). The van der Waals surface area contributed by atoms with Crippen LogP contribution < -0.4 is 0 Å². The van der Waals surface area contributed by atoms with Crippen molar-refractivity contribution in [3.8, 4) is 0 Å². The predicted molar refractivity (Wildman–Crippen MR) is 115 cm³/mol. The Morgan fingerprint density at radius 1 is 0.969 bits per heavy atom. The van der Waals surface area contributed by atoms with Crippen molar-refractivity contribution in [2.24, 2.45) is 11.8 Å². The van der Waals surface area contributed by atoms with Crippen LogP contribution in [-0.4, -0.2) is 49.2 Å². The van der Waals surface area contributed by atoms with Gasteiger partial charge in [-0.25, -0.2) is 8.42 Å². The van der Waals surface area contributed by atoms with Crippen molar-refractivity contribution in [1.29, 1.82) is 0 Å². The zero-order chi connectivity index (χ0) is 23.1. The summed E-state index contributed by atoms with van der Waals surface area (Å²) in [4.78, 5) is 14.9. The topological polar surface area (TPSA) is 57.7 Å². The number of halogens is 4. The summed E-state index contributed by atoms with van der Waals surface area (Å²) in [5.41, 5.74) is -1.17. The Morgan fingerprint density at radius 3 is 2.31 bits per heavy atom. The van der Waals surface area contributed by atoms with Crippen LogP contribution >= 0.6 is 11.6 Å². The molecule has 0 spiro atoms. The van der Waals surface area contributed by atoms with Crippen molar-refractivity contribution < 1.29 is 26.4 Å². The maximum atomic E-state index is 13.2. The smallest absolute Gasteiger partial charge is 0.339 e. The van der Waals surface area contributed by atoms with Gasteiger partial charge in [-0.1, -0.05) is 24.4 Å². The molecule has 3 aliphatic rings. The fourth-order valence-electron chi connectivity index (χ4n) is 5.51. The van der Waals surface area contributed by atoms with Crippen molar-refractivity contribution >= 4 is 27.5 Å². The molecular formula is C22H28ClF3N2O3S. The Balaban J connectivity index is 1.43. The van der Waals surface area contributed by atoms with Crippen molar-refractivity contribution in [2.75, 3.05) is 19.6 Å². The van der Waals surface area contributed by atoms with Crippen molar-refractivity contribution in [3.63, 3.8) is 0 Å². The van der Waals surface area contributed by atoms with Crippen LogP contribution in [0.15, 0.2) is 23.1 Å². The lowest BCUT2D eigenvalue weighted by Crippen LogP contribution is -2.53. The summed E-state index contributed by atoms with van der Waals surface area (Å²) in [6, 6.07) is 2.96. The van der Waals surface area contributed by atoms with Crippen LogP contribution in [0.3, 0.4) is 0 Å². The van der Waals surface area contributed by atoms with E-state index in [1.165, 1.54) is 23.6 Å². The van der Waals surface area contributed by atoms with Crippen LogP contribution in [0.5, 0.6) is 0 Å². The molecule has 1 aromatic rings. The standard InChI is InChI=1S/C22H28ClF3N2O3S/c23-19-8-7-17(14-18(19)22(24,25)26)32(30,31)27-12-9-16(10-13-27)21(29)28-11-3-5-15-4-1-2-6-20(15)28/h7-8,14-16,20H,1-6,9-13H2. The largest absolute Gasteiger partial charge is 0.417 e. The summed E-state index contributed by atoms with van der Waals surface area (Å²) in [6.45, 7) is 0.999. The maximum absolute atomic E-state index is 13.2. The Labute approximate surface area is 191 Å². The lowest BCUT2D eigenvalue weighted by Gasteiger charge is -2.46. The van der Waals surface area contributed by atoms with Gasteiger partial charge in [0, 0.05) is 31.6 Å². The van der Waals surface area contributed by atoms with E-state index in [0.29, 0.717) is 30.9 Å². The summed E-state index contributed by atoms with van der Waals surface area (Å²) < 4.78 is 66.6. The third kappa shape index (κ3) is 4.66. The average molecular weight is 493 g/mol. The van der Waals surface area contributed by atoms with Gasteiger partial charge in [-0.3, -0.25) is 4.79 Å². The molecule has 2 aliphatic heterocycles. The number of amides is 1. The van der Waals surface area contributed by atoms with E-state index in [4.69, 9.17) is 11.6 Å². The normalized spacial score (nSPS) is 26.1. The second kappa shape index (κ2) is 9.14. The number of piperidine rings is 2. The van der Waals surface area contributed by atoms with Crippen molar-refractivity contribution in [1.82, 2.24) is 9.21 Å². The van der Waals surface area contributed by atoms with Gasteiger partial charge in [-0.2, -0.15) is 17.5 Å². The molecule has 10 heteroatoms. The number of benzene rings is 1. The summed E-state index contributed by atoms with van der Waals surface area (Å²) >= 11 is 5.62. The SMILES string of the molecule is O=C(C1CCN(S(=O)(=O)c2ccc(Cl)c(C(F)(F)F)c2)CC1)N1CCCC2CCCCC21. The highest BCUT2D eigenvalue weighted by molar-refractivity contribution is 7.89. The van der Waals surface area contributed by atoms with Crippen LogP contribution in [0, 0.1) is 11.8 Å². The van der Waals surface area contributed by atoms with Gasteiger partial charge in [-0.15, -0.1) is 0 Å². The van der Waals surface area contributed by atoms with Crippen LogP contribution in [0.2, 0.25) is 5.02 Å². The first-order valence-corrected chi connectivity index (χ1v) is 13.1. The third-order valence-electron chi connectivity index (χ3n) is 7.21. The van der Waals surface area contributed by atoms with Gasteiger partial charge in [0.25, 0.3) is 0 Å². The second-order valence-electron chi connectivity index (χ2n) is 9.10. The number of sulfonamides is 1. The van der Waals surface area contributed by atoms with Crippen molar-refractivity contribution in [3.05, 3.63) is 28.8 Å². The Morgan fingerprint density at radius 2 is 1.62 bits per heavy atom. The van der Waals surface area contributed by atoms with Crippen LogP contribution in [0.4, 0.5) is 13.2 Å². The number of nitrogens with zero attached hydrogens (tertiary/aromatic N) is 2. The highest BCUT2D eigenvalue weighted by Gasteiger charge is 2.40. The molecule has 2 heterocycles. The number of carbonyl (C=O) groups is 1. The van der Waals surface area contributed by atoms with Crippen LogP contribution in [0.1, 0.15) is 56.9 Å². The number of carbonyl (C=O) groups excluding carboxylic acids is 1. The van der Waals surface area contributed by atoms with E-state index in [2.05, 4.69) is 0 Å². The first kappa shape index (κ1) is 23.8. The van der Waals surface area contributed by atoms with Gasteiger partial charge in [0.05, 0.1) is 15.5 Å². The van der Waals surface area contributed by atoms with E-state index in [9.17, 15) is 26.4 Å². The average Bonchev–Trinajstić information content (AvgIpc) is 2.77. The molecule has 1 aliphatic carbocycles. The number of alkyl halides is 3. The van der Waals surface area contributed by atoms with Crippen LogP contribution in [0.25, 0.3) is 0 Å². The molecular weight excluding hydrogens is 465 g/mol. The zero-order valence-corrected chi connectivity index (χ0v) is 19.4. The van der Waals surface area contributed by atoms with E-state index in [-0.39, 0.29) is 24.9 Å². The van der Waals surface area contributed by atoms with E-state index in [1.54, 1.807) is 0 Å². The highest BCUT2D eigenvalue weighted by Crippen LogP contribution is 2.38. The molecule has 178 valence electrons. The van der Waals surface area contributed by atoms with Gasteiger partial charge < -0.3 is 4.90 Å². The Hall–Kier alpha value is -1.32. The first-order valence-electron chi connectivity index (χ1n) is 11.3. The number of hydrogen-bond donors (Lipinski definition) is 0. The summed E-state index contributed by atoms with van der Waals surface area (Å²) in [7, 11) is -4.10. The molecule has 3 fully saturated rings. The molecule has 1 saturated carbocycles. The zero-order valence-electron chi connectivity index (χ0n) is 17.8. The molecule has 1 aromatic carbocycles. The molecule has 2 unspecified atom stereocenters. The predicted octanol–water partition coefficient (Wildman–Crippen LogP) is 4.94. The van der Waals surface area contributed by atoms with Gasteiger partial charge in [-0.05, 0) is 62.6 Å². The monoisotopic (exact) mass is 492 g/mol. The Bertz CT molecular complexity index is 960. The van der Waals surface area contributed by atoms with Crippen LogP contribution in [-0.2, 0) is 21.0 Å². The number of likely N-dealkylation sites (tertiary alicyclic amines) is 1. The van der Waals surface area contributed by atoms with E-state index in [0.717, 1.165) is 37.9 Å². The lowest BCUT2D eigenvalue weighted by atomic mass is 9.77. The quantitative estimate of drug-likeness (QED) is 0.600. The summed E-state index contributed by atoms with van der Waals surface area (Å²) in [5.74, 6) is 0.456. The van der Waals surface area contributed by atoms with Gasteiger partial charge in [0.1, 0.15) is 0 Å². The van der Waals surface area contributed by atoms with Gasteiger partial charge >= 0.3 is 6.18 Å². The first-order chi connectivity index (χ1) is 15.1. The van der Waals surface area contributed by atoms with Gasteiger partial charge in [0.2, 0.25) is 15.9 Å². The summed E-state index contributed by atoms with van der Waals surface area (Å²) in [5, 5.41) is -0.539. The molecule has 0 bridgehead atoms. The summed E-state index contributed by atoms with van der Waals surface area (Å²) in [6.07, 6.45) is 2.78. The second-order valence-corrected chi connectivity index (χ2v) is 11.4. The molecule has 0 radical (unpaired) electrons. The maximum Gasteiger partial charge on any atom is 0.417 e. The fraction of sp³-hybridized carbons (Fsp3) is 0.682. The highest BCUT2D eigenvalue weighted by atomic mass is 35.5. The van der Waals surface area contributed by atoms with E-state index >= 15 is 0 Å². The minimum absolute atomic E-state index is 0.115. The lowest BCUT2D eigenvalue weighted by molar-refractivity contribution is -0.143. The number of hydrogen-bond acceptors (Lipinski definition) is 3. The molecule has 5 nitrogen and oxygen atoms in total. The van der Waals surface area contributed by atoms with Gasteiger partial charge in [0.15, 0.2) is 0 Å².